The summed E-state index contributed by atoms with van der Waals surface area (Å²) in [5.41, 5.74) is 0. The van der Waals surface area contributed by atoms with E-state index in [1.807, 2.05) is 0 Å². The molecule has 0 amide bonds. The molecule has 0 bridgehead atoms. The summed E-state index contributed by atoms with van der Waals surface area (Å²) < 4.78 is 0. The molecule has 0 heterocycles. The monoisotopic (exact) mass is 214 g/mol. The highest BCUT2D eigenvalue weighted by Crippen LogP contribution is 2.09. The standard InChI is InChI=1S/C13H30N2/c1-7-8-14-12(4)10-15(6)13(5)9-11(2)3/h11-14H,7-10H2,1-6H3. The highest BCUT2D eigenvalue weighted by atomic mass is 15.1. The predicted octanol–water partition coefficient (Wildman–Crippen LogP) is 2.74. The molecule has 0 aromatic rings. The lowest BCUT2D eigenvalue weighted by Crippen LogP contribution is -2.41. The van der Waals surface area contributed by atoms with E-state index < -0.39 is 0 Å². The number of hydrogen-bond donors (Lipinski definition) is 1. The minimum Gasteiger partial charge on any atom is -0.313 e. The summed E-state index contributed by atoms with van der Waals surface area (Å²) in [5.74, 6) is 0.793. The van der Waals surface area contributed by atoms with Gasteiger partial charge in [0, 0.05) is 18.6 Å². The van der Waals surface area contributed by atoms with Crippen molar-refractivity contribution in [3.05, 3.63) is 0 Å². The van der Waals surface area contributed by atoms with Crippen molar-refractivity contribution in [3.63, 3.8) is 0 Å². The van der Waals surface area contributed by atoms with Crippen LogP contribution in [0.3, 0.4) is 0 Å². The highest BCUT2D eigenvalue weighted by molar-refractivity contribution is 4.70. The summed E-state index contributed by atoms with van der Waals surface area (Å²) in [7, 11) is 2.23. The second-order valence-corrected chi connectivity index (χ2v) is 5.27. The maximum absolute atomic E-state index is 3.53. The lowest BCUT2D eigenvalue weighted by atomic mass is 10.0. The van der Waals surface area contributed by atoms with E-state index in [1.165, 1.54) is 12.8 Å². The predicted molar refractivity (Wildman–Crippen MR) is 69.3 cm³/mol. The van der Waals surface area contributed by atoms with Crippen LogP contribution < -0.4 is 5.32 Å². The van der Waals surface area contributed by atoms with Crippen molar-refractivity contribution in [3.8, 4) is 0 Å². The topological polar surface area (TPSA) is 15.3 Å². The maximum atomic E-state index is 3.53. The summed E-state index contributed by atoms with van der Waals surface area (Å²) in [6, 6.07) is 1.29. The van der Waals surface area contributed by atoms with E-state index in [-0.39, 0.29) is 0 Å². The molecular weight excluding hydrogens is 184 g/mol. The molecule has 0 rings (SSSR count). The Morgan fingerprint density at radius 3 is 2.20 bits per heavy atom. The second-order valence-electron chi connectivity index (χ2n) is 5.27. The van der Waals surface area contributed by atoms with Gasteiger partial charge in [-0.3, -0.25) is 0 Å². The van der Waals surface area contributed by atoms with Gasteiger partial charge in [-0.1, -0.05) is 20.8 Å². The lowest BCUT2D eigenvalue weighted by molar-refractivity contribution is 0.209. The van der Waals surface area contributed by atoms with Crippen molar-refractivity contribution in [2.24, 2.45) is 5.92 Å². The molecule has 2 unspecified atom stereocenters. The van der Waals surface area contributed by atoms with Crippen LogP contribution in [0.2, 0.25) is 0 Å². The minimum atomic E-state index is 0.601. The average molecular weight is 214 g/mol. The Bertz CT molecular complexity index is 145. The van der Waals surface area contributed by atoms with E-state index in [1.54, 1.807) is 0 Å². The van der Waals surface area contributed by atoms with Crippen molar-refractivity contribution in [1.82, 2.24) is 10.2 Å². The van der Waals surface area contributed by atoms with Crippen molar-refractivity contribution < 1.29 is 0 Å². The van der Waals surface area contributed by atoms with Gasteiger partial charge in [0.2, 0.25) is 0 Å². The fourth-order valence-electron chi connectivity index (χ4n) is 1.93. The molecule has 0 radical (unpaired) electrons. The van der Waals surface area contributed by atoms with Gasteiger partial charge >= 0.3 is 0 Å². The molecule has 0 aromatic carbocycles. The van der Waals surface area contributed by atoms with E-state index in [0.29, 0.717) is 12.1 Å². The summed E-state index contributed by atoms with van der Waals surface area (Å²) >= 11 is 0. The largest absolute Gasteiger partial charge is 0.313 e. The molecule has 0 saturated carbocycles. The van der Waals surface area contributed by atoms with Crippen molar-refractivity contribution in [2.45, 2.75) is 59.5 Å². The first-order chi connectivity index (χ1) is 6.97. The smallest absolute Gasteiger partial charge is 0.0166 e. The highest BCUT2D eigenvalue weighted by Gasteiger charge is 2.13. The van der Waals surface area contributed by atoms with Crippen LogP contribution in [-0.4, -0.2) is 37.1 Å². The van der Waals surface area contributed by atoms with Gasteiger partial charge in [0.05, 0.1) is 0 Å². The molecule has 0 aliphatic heterocycles. The Morgan fingerprint density at radius 2 is 1.73 bits per heavy atom. The SMILES string of the molecule is CCCNC(C)CN(C)C(C)CC(C)C. The number of nitrogens with one attached hydrogen (secondary N) is 1. The van der Waals surface area contributed by atoms with E-state index in [9.17, 15) is 0 Å². The van der Waals surface area contributed by atoms with Crippen LogP contribution in [0.25, 0.3) is 0 Å². The molecule has 0 aliphatic carbocycles. The van der Waals surface area contributed by atoms with Gasteiger partial charge in [-0.15, -0.1) is 0 Å². The van der Waals surface area contributed by atoms with Crippen LogP contribution in [0.15, 0.2) is 0 Å². The molecule has 1 N–H and O–H groups in total. The van der Waals surface area contributed by atoms with Crippen LogP contribution in [0.1, 0.15) is 47.5 Å². The third-order valence-corrected chi connectivity index (χ3v) is 2.87. The molecule has 0 saturated heterocycles. The third kappa shape index (κ3) is 7.80. The molecule has 92 valence electrons. The van der Waals surface area contributed by atoms with Crippen LogP contribution in [0.4, 0.5) is 0 Å². The second kappa shape index (κ2) is 8.12. The van der Waals surface area contributed by atoms with Gasteiger partial charge in [0.15, 0.2) is 0 Å². The lowest BCUT2D eigenvalue weighted by Gasteiger charge is -2.29. The van der Waals surface area contributed by atoms with E-state index in [4.69, 9.17) is 0 Å². The summed E-state index contributed by atoms with van der Waals surface area (Å²) in [6.07, 6.45) is 2.51. The van der Waals surface area contributed by atoms with E-state index >= 15 is 0 Å². The third-order valence-electron chi connectivity index (χ3n) is 2.87. The van der Waals surface area contributed by atoms with Gasteiger partial charge < -0.3 is 10.2 Å². The van der Waals surface area contributed by atoms with Crippen LogP contribution >= 0.6 is 0 Å². The molecule has 0 spiro atoms. The molecule has 2 atom stereocenters. The number of rotatable bonds is 8. The summed E-state index contributed by atoms with van der Waals surface area (Å²) in [6.45, 7) is 13.7. The van der Waals surface area contributed by atoms with Crippen LogP contribution in [0.5, 0.6) is 0 Å². The molecule has 0 fully saturated rings. The fraction of sp³-hybridized carbons (Fsp3) is 1.00. The molecule has 2 nitrogen and oxygen atoms in total. The van der Waals surface area contributed by atoms with Crippen molar-refractivity contribution >= 4 is 0 Å². The van der Waals surface area contributed by atoms with Gasteiger partial charge in [0.1, 0.15) is 0 Å². The minimum absolute atomic E-state index is 0.601. The fourth-order valence-corrected chi connectivity index (χ4v) is 1.93. The maximum Gasteiger partial charge on any atom is 0.0166 e. The van der Waals surface area contributed by atoms with Crippen molar-refractivity contribution in [2.75, 3.05) is 20.1 Å². The van der Waals surface area contributed by atoms with E-state index in [0.717, 1.165) is 19.0 Å². The zero-order valence-electron chi connectivity index (χ0n) is 11.5. The average Bonchev–Trinajstić information content (AvgIpc) is 2.13. The van der Waals surface area contributed by atoms with Gasteiger partial charge in [-0.25, -0.2) is 0 Å². The quantitative estimate of drug-likeness (QED) is 0.668. The normalized spacial score (nSPS) is 16.0. The molecule has 15 heavy (non-hydrogen) atoms. The first-order valence-electron chi connectivity index (χ1n) is 6.41. The first kappa shape index (κ1) is 14.9. The Kier molecular flexibility index (Phi) is 8.07. The van der Waals surface area contributed by atoms with Crippen molar-refractivity contribution in [1.29, 1.82) is 0 Å². The molecule has 2 heteroatoms. The van der Waals surface area contributed by atoms with Gasteiger partial charge in [0.25, 0.3) is 0 Å². The summed E-state index contributed by atoms with van der Waals surface area (Å²) in [4.78, 5) is 2.47. The zero-order valence-corrected chi connectivity index (χ0v) is 11.5. The van der Waals surface area contributed by atoms with Gasteiger partial charge in [-0.2, -0.15) is 0 Å². The summed E-state index contributed by atoms with van der Waals surface area (Å²) in [5, 5.41) is 3.53. The Labute approximate surface area is 96.4 Å². The van der Waals surface area contributed by atoms with Crippen LogP contribution in [0, 0.1) is 5.92 Å². The van der Waals surface area contributed by atoms with E-state index in [2.05, 4.69) is 51.9 Å². The van der Waals surface area contributed by atoms with Crippen LogP contribution in [-0.2, 0) is 0 Å². The Hall–Kier alpha value is -0.0800. The van der Waals surface area contributed by atoms with Gasteiger partial charge in [-0.05, 0) is 46.2 Å². The number of nitrogens with zero attached hydrogens (tertiary/aromatic N) is 1. The molecular formula is C13H30N2. The molecule has 0 aliphatic rings. The Balaban J connectivity index is 3.74. The Morgan fingerprint density at radius 1 is 1.13 bits per heavy atom. The number of likely N-dealkylation sites (N-methyl/N-ethyl adjacent to an activating group) is 1. The first-order valence-corrected chi connectivity index (χ1v) is 6.41. The molecule has 0 aromatic heterocycles. The number of hydrogen-bond acceptors (Lipinski definition) is 2. The zero-order chi connectivity index (χ0) is 11.8.